The van der Waals surface area contributed by atoms with E-state index in [0.717, 1.165) is 0 Å². The Bertz CT molecular complexity index is 320. The van der Waals surface area contributed by atoms with Crippen molar-refractivity contribution >= 4 is 11.6 Å². The van der Waals surface area contributed by atoms with E-state index in [9.17, 15) is 0 Å². The molecule has 0 bridgehead atoms. The first kappa shape index (κ1) is 11.0. The number of hydrogen-bond acceptors (Lipinski definition) is 5. The van der Waals surface area contributed by atoms with Crippen molar-refractivity contribution in [3.63, 3.8) is 0 Å². The maximum absolute atomic E-state index is 5.97. The topological polar surface area (TPSA) is 56.3 Å². The van der Waals surface area contributed by atoms with Gasteiger partial charge in [-0.3, -0.25) is 0 Å². The minimum atomic E-state index is 0.247. The zero-order chi connectivity index (χ0) is 10.6. The molecule has 0 spiro atoms. The molecule has 0 aromatic carbocycles. The third-order valence-electron chi connectivity index (χ3n) is 1.59. The first-order valence-corrected chi connectivity index (χ1v) is 4.39. The van der Waals surface area contributed by atoms with Crippen molar-refractivity contribution in [1.29, 1.82) is 0 Å². The van der Waals surface area contributed by atoms with E-state index in [0.29, 0.717) is 23.1 Å². The highest BCUT2D eigenvalue weighted by molar-refractivity contribution is 6.32. The number of hydrogen-bond donors (Lipinski definition) is 1. The minimum Gasteiger partial charge on any atom is -0.480 e. The molecule has 5 nitrogen and oxygen atoms in total. The molecule has 0 saturated carbocycles. The van der Waals surface area contributed by atoms with Crippen LogP contribution >= 0.6 is 11.6 Å². The SMILES string of the molecule is CNCc1nc(OC)nc(OC)c1Cl. The first-order chi connectivity index (χ1) is 6.72. The van der Waals surface area contributed by atoms with Crippen LogP contribution in [0.5, 0.6) is 11.9 Å². The molecule has 1 rings (SSSR count). The van der Waals surface area contributed by atoms with Crippen molar-refractivity contribution in [1.82, 2.24) is 15.3 Å². The molecule has 0 aliphatic rings. The third kappa shape index (κ3) is 2.24. The van der Waals surface area contributed by atoms with Gasteiger partial charge in [-0.15, -0.1) is 0 Å². The minimum absolute atomic E-state index is 0.247. The van der Waals surface area contributed by atoms with E-state index in [-0.39, 0.29) is 6.01 Å². The van der Waals surface area contributed by atoms with Crippen LogP contribution in [0.25, 0.3) is 0 Å². The lowest BCUT2D eigenvalue weighted by molar-refractivity contribution is 0.349. The normalized spacial score (nSPS) is 10.0. The molecule has 0 atom stereocenters. The molecule has 78 valence electrons. The number of rotatable bonds is 4. The van der Waals surface area contributed by atoms with Gasteiger partial charge in [0.15, 0.2) is 0 Å². The highest BCUT2D eigenvalue weighted by Crippen LogP contribution is 2.26. The molecule has 0 radical (unpaired) electrons. The Morgan fingerprint density at radius 1 is 1.29 bits per heavy atom. The Balaban J connectivity index is 3.12. The quantitative estimate of drug-likeness (QED) is 0.811. The van der Waals surface area contributed by atoms with E-state index in [1.54, 1.807) is 7.05 Å². The first-order valence-electron chi connectivity index (χ1n) is 4.02. The molecule has 0 fully saturated rings. The second-order valence-corrected chi connectivity index (χ2v) is 2.89. The number of methoxy groups -OCH3 is 2. The summed E-state index contributed by atoms with van der Waals surface area (Å²) in [5, 5.41) is 3.35. The molecule has 0 aliphatic carbocycles. The summed E-state index contributed by atoms with van der Waals surface area (Å²) in [6, 6.07) is 0.247. The van der Waals surface area contributed by atoms with Crippen molar-refractivity contribution in [2.24, 2.45) is 0 Å². The van der Waals surface area contributed by atoms with Gasteiger partial charge in [-0.2, -0.15) is 9.97 Å². The summed E-state index contributed by atoms with van der Waals surface area (Å²) in [4.78, 5) is 8.02. The Labute approximate surface area is 87.4 Å². The lowest BCUT2D eigenvalue weighted by Crippen LogP contribution is -2.10. The molecule has 1 aromatic rings. The Hall–Kier alpha value is -1.07. The Kier molecular flexibility index (Phi) is 3.91. The van der Waals surface area contributed by atoms with E-state index in [4.69, 9.17) is 21.1 Å². The van der Waals surface area contributed by atoms with E-state index in [1.807, 2.05) is 0 Å². The number of ether oxygens (including phenoxy) is 2. The number of nitrogens with one attached hydrogen (secondary N) is 1. The van der Waals surface area contributed by atoms with Crippen LogP contribution in [0.4, 0.5) is 0 Å². The Morgan fingerprint density at radius 2 is 2.00 bits per heavy atom. The second kappa shape index (κ2) is 4.97. The van der Waals surface area contributed by atoms with Gasteiger partial charge in [0.1, 0.15) is 5.02 Å². The average Bonchev–Trinajstić information content (AvgIpc) is 2.21. The lowest BCUT2D eigenvalue weighted by atomic mass is 10.4. The summed E-state index contributed by atoms with van der Waals surface area (Å²) in [5.41, 5.74) is 0.651. The molecule has 14 heavy (non-hydrogen) atoms. The molecule has 1 N–H and O–H groups in total. The molecule has 1 aromatic heterocycles. The van der Waals surface area contributed by atoms with E-state index >= 15 is 0 Å². The summed E-state index contributed by atoms with van der Waals surface area (Å²) in [6.45, 7) is 0.536. The monoisotopic (exact) mass is 217 g/mol. The standard InChI is InChI=1S/C8H12ClN3O2/c1-10-4-5-6(9)7(13-2)12-8(11-5)14-3/h10H,4H2,1-3H3. The fraction of sp³-hybridized carbons (Fsp3) is 0.500. The van der Waals surface area contributed by atoms with Crippen LogP contribution < -0.4 is 14.8 Å². The fourth-order valence-corrected chi connectivity index (χ4v) is 1.19. The van der Waals surface area contributed by atoms with Crippen molar-refractivity contribution < 1.29 is 9.47 Å². The lowest BCUT2D eigenvalue weighted by Gasteiger charge is -2.08. The van der Waals surface area contributed by atoms with Crippen LogP contribution in [0.2, 0.25) is 5.02 Å². The van der Waals surface area contributed by atoms with E-state index < -0.39 is 0 Å². The molecular formula is C8H12ClN3O2. The number of aromatic nitrogens is 2. The highest BCUT2D eigenvalue weighted by atomic mass is 35.5. The predicted octanol–water partition coefficient (Wildman–Crippen LogP) is 0.867. The molecule has 0 amide bonds. The predicted molar refractivity (Wildman–Crippen MR) is 52.9 cm³/mol. The van der Waals surface area contributed by atoms with Gasteiger partial charge in [-0.1, -0.05) is 11.6 Å². The van der Waals surface area contributed by atoms with E-state index in [2.05, 4.69) is 15.3 Å². The van der Waals surface area contributed by atoms with Crippen LogP contribution in [0.1, 0.15) is 5.69 Å². The van der Waals surface area contributed by atoms with Gasteiger partial charge in [0.2, 0.25) is 5.88 Å². The summed E-state index contributed by atoms with van der Waals surface area (Å²) in [7, 11) is 4.79. The molecule has 6 heteroatoms. The van der Waals surface area contributed by atoms with Crippen molar-refractivity contribution in [3.05, 3.63) is 10.7 Å². The molecule has 0 aliphatic heterocycles. The molecule has 0 saturated heterocycles. The maximum atomic E-state index is 5.97. The number of nitrogens with zero attached hydrogens (tertiary/aromatic N) is 2. The molecular weight excluding hydrogens is 206 g/mol. The van der Waals surface area contributed by atoms with Crippen molar-refractivity contribution in [2.75, 3.05) is 21.3 Å². The van der Waals surface area contributed by atoms with Gasteiger partial charge in [0, 0.05) is 6.54 Å². The van der Waals surface area contributed by atoms with Crippen LogP contribution in [0, 0.1) is 0 Å². The third-order valence-corrected chi connectivity index (χ3v) is 1.97. The average molecular weight is 218 g/mol. The molecule has 0 unspecified atom stereocenters. The zero-order valence-electron chi connectivity index (χ0n) is 8.30. The maximum Gasteiger partial charge on any atom is 0.319 e. The Morgan fingerprint density at radius 3 is 2.50 bits per heavy atom. The van der Waals surface area contributed by atoms with Gasteiger partial charge in [-0.25, -0.2) is 0 Å². The fourth-order valence-electron chi connectivity index (χ4n) is 0.960. The summed E-state index contributed by atoms with van der Waals surface area (Å²) in [5.74, 6) is 0.323. The number of halogens is 1. The van der Waals surface area contributed by atoms with Crippen LogP contribution in [-0.2, 0) is 6.54 Å². The van der Waals surface area contributed by atoms with Gasteiger partial charge in [0.05, 0.1) is 19.9 Å². The summed E-state index contributed by atoms with van der Waals surface area (Å²) < 4.78 is 9.89. The highest BCUT2D eigenvalue weighted by Gasteiger charge is 2.12. The largest absolute Gasteiger partial charge is 0.480 e. The van der Waals surface area contributed by atoms with Gasteiger partial charge in [-0.05, 0) is 7.05 Å². The van der Waals surface area contributed by atoms with Crippen LogP contribution in [0.15, 0.2) is 0 Å². The summed E-state index contributed by atoms with van der Waals surface area (Å²) >= 11 is 5.97. The van der Waals surface area contributed by atoms with E-state index in [1.165, 1.54) is 14.2 Å². The van der Waals surface area contributed by atoms with Gasteiger partial charge < -0.3 is 14.8 Å². The summed E-state index contributed by atoms with van der Waals surface area (Å²) in [6.07, 6.45) is 0. The molecule has 1 heterocycles. The van der Waals surface area contributed by atoms with Crippen molar-refractivity contribution in [3.8, 4) is 11.9 Å². The van der Waals surface area contributed by atoms with Crippen LogP contribution in [0.3, 0.4) is 0 Å². The van der Waals surface area contributed by atoms with Gasteiger partial charge >= 0.3 is 6.01 Å². The second-order valence-electron chi connectivity index (χ2n) is 2.51. The smallest absolute Gasteiger partial charge is 0.319 e. The van der Waals surface area contributed by atoms with Crippen LogP contribution in [-0.4, -0.2) is 31.2 Å². The van der Waals surface area contributed by atoms with Gasteiger partial charge in [0.25, 0.3) is 0 Å². The van der Waals surface area contributed by atoms with Crippen molar-refractivity contribution in [2.45, 2.75) is 6.54 Å². The zero-order valence-corrected chi connectivity index (χ0v) is 9.05.